The number of hydrogen-bond donors (Lipinski definition) is 3. The minimum Gasteiger partial charge on any atom is -0.481 e. The van der Waals surface area contributed by atoms with Crippen molar-refractivity contribution in [2.45, 2.75) is 19.8 Å². The molecule has 102 valence electrons. The second-order valence-corrected chi connectivity index (χ2v) is 4.82. The average Bonchev–Trinajstić information content (AvgIpc) is 2.33. The predicted molar refractivity (Wildman–Crippen MR) is 73.6 cm³/mol. The molecule has 18 heavy (non-hydrogen) atoms. The first-order valence-electron chi connectivity index (χ1n) is 5.87. The molecule has 1 unspecified atom stereocenters. The summed E-state index contributed by atoms with van der Waals surface area (Å²) in [6, 6.07) is -0.335. The number of amides is 2. The number of carbonyl (C=O) groups excluding carboxylic acids is 1. The summed E-state index contributed by atoms with van der Waals surface area (Å²) in [6.45, 7) is 2.59. The van der Waals surface area contributed by atoms with Crippen LogP contribution in [0.1, 0.15) is 19.8 Å². The molecule has 6 heteroatoms. The molecule has 0 rings (SSSR count). The molecule has 0 fully saturated rings. The van der Waals surface area contributed by atoms with Gasteiger partial charge in [0.2, 0.25) is 0 Å². The maximum absolute atomic E-state index is 11.3. The van der Waals surface area contributed by atoms with Gasteiger partial charge in [-0.15, -0.1) is 18.2 Å². The smallest absolute Gasteiger partial charge is 0.314 e. The van der Waals surface area contributed by atoms with Gasteiger partial charge in [-0.1, -0.05) is 19.3 Å². The van der Waals surface area contributed by atoms with Gasteiger partial charge in [0.15, 0.2) is 0 Å². The van der Waals surface area contributed by atoms with Gasteiger partial charge in [-0.3, -0.25) is 4.79 Å². The molecule has 1 atom stereocenters. The summed E-state index contributed by atoms with van der Waals surface area (Å²) < 4.78 is 0. The number of carboxylic acid groups (broad SMARTS) is 1. The Kier molecular flexibility index (Phi) is 9.97. The second-order valence-electron chi connectivity index (χ2n) is 3.72. The fourth-order valence-corrected chi connectivity index (χ4v) is 1.82. The quantitative estimate of drug-likeness (QED) is 0.434. The van der Waals surface area contributed by atoms with E-state index in [-0.39, 0.29) is 12.6 Å². The molecule has 0 heterocycles. The highest BCUT2D eigenvalue weighted by atomic mass is 32.2. The first-order chi connectivity index (χ1) is 8.61. The number of aliphatic carboxylic acids is 1. The zero-order valence-corrected chi connectivity index (χ0v) is 11.4. The van der Waals surface area contributed by atoms with E-state index >= 15 is 0 Å². The molecule has 5 nitrogen and oxygen atoms in total. The van der Waals surface area contributed by atoms with E-state index in [1.54, 1.807) is 11.8 Å². The number of rotatable bonds is 9. The van der Waals surface area contributed by atoms with Gasteiger partial charge in [0.1, 0.15) is 0 Å². The molecule has 0 saturated carbocycles. The highest BCUT2D eigenvalue weighted by Crippen LogP contribution is 2.04. The molecule has 0 saturated heterocycles. The lowest BCUT2D eigenvalue weighted by molar-refractivity contribution is -0.141. The largest absolute Gasteiger partial charge is 0.481 e. The van der Waals surface area contributed by atoms with Crippen LogP contribution in [-0.2, 0) is 4.79 Å². The van der Waals surface area contributed by atoms with Crippen molar-refractivity contribution in [3.8, 4) is 12.3 Å². The normalized spacial score (nSPS) is 11.3. The van der Waals surface area contributed by atoms with Crippen LogP contribution in [0, 0.1) is 18.3 Å². The maximum atomic E-state index is 11.3. The Balaban J connectivity index is 3.68. The lowest BCUT2D eigenvalue weighted by atomic mass is 10.0. The van der Waals surface area contributed by atoms with Crippen molar-refractivity contribution in [2.24, 2.45) is 5.92 Å². The van der Waals surface area contributed by atoms with Crippen LogP contribution in [-0.4, -0.2) is 41.7 Å². The van der Waals surface area contributed by atoms with E-state index in [0.717, 1.165) is 12.2 Å². The maximum Gasteiger partial charge on any atom is 0.314 e. The molecule has 0 bridgehead atoms. The summed E-state index contributed by atoms with van der Waals surface area (Å²) in [7, 11) is 0. The van der Waals surface area contributed by atoms with Gasteiger partial charge in [0, 0.05) is 18.8 Å². The first-order valence-corrected chi connectivity index (χ1v) is 7.03. The zero-order valence-electron chi connectivity index (χ0n) is 10.6. The van der Waals surface area contributed by atoms with E-state index in [4.69, 9.17) is 11.5 Å². The third kappa shape index (κ3) is 8.76. The van der Waals surface area contributed by atoms with Crippen molar-refractivity contribution in [1.82, 2.24) is 10.6 Å². The molecule has 0 spiro atoms. The van der Waals surface area contributed by atoms with E-state index in [2.05, 4.69) is 16.6 Å². The highest BCUT2D eigenvalue weighted by molar-refractivity contribution is 7.99. The van der Waals surface area contributed by atoms with Gasteiger partial charge in [0.25, 0.3) is 0 Å². The van der Waals surface area contributed by atoms with Crippen LogP contribution < -0.4 is 10.6 Å². The van der Waals surface area contributed by atoms with Gasteiger partial charge in [0.05, 0.1) is 11.7 Å². The van der Waals surface area contributed by atoms with Gasteiger partial charge in [-0.25, -0.2) is 4.79 Å². The number of nitrogens with one attached hydrogen (secondary N) is 2. The predicted octanol–water partition coefficient (Wildman–Crippen LogP) is 1.15. The Labute approximate surface area is 112 Å². The summed E-state index contributed by atoms with van der Waals surface area (Å²) >= 11 is 1.56. The lowest BCUT2D eigenvalue weighted by Crippen LogP contribution is -2.40. The number of carboxylic acids is 1. The van der Waals surface area contributed by atoms with Crippen molar-refractivity contribution < 1.29 is 14.7 Å². The first kappa shape index (κ1) is 16.6. The van der Waals surface area contributed by atoms with Gasteiger partial charge in [-0.05, 0) is 6.42 Å². The van der Waals surface area contributed by atoms with Crippen molar-refractivity contribution in [3.63, 3.8) is 0 Å². The van der Waals surface area contributed by atoms with Crippen LogP contribution in [0.4, 0.5) is 4.79 Å². The summed E-state index contributed by atoms with van der Waals surface area (Å²) in [5.41, 5.74) is 0. The number of thioether (sulfide) groups is 1. The molecule has 0 radical (unpaired) electrons. The van der Waals surface area contributed by atoms with Crippen molar-refractivity contribution in [1.29, 1.82) is 0 Å². The Hall–Kier alpha value is -1.35. The van der Waals surface area contributed by atoms with E-state index in [1.807, 2.05) is 6.92 Å². The fraction of sp³-hybridized carbons (Fsp3) is 0.667. The molecule has 3 N–H and O–H groups in total. The van der Waals surface area contributed by atoms with Crippen molar-refractivity contribution in [2.75, 3.05) is 24.6 Å². The fourth-order valence-electron chi connectivity index (χ4n) is 1.31. The van der Waals surface area contributed by atoms with Crippen molar-refractivity contribution in [3.05, 3.63) is 0 Å². The summed E-state index contributed by atoms with van der Waals surface area (Å²) in [5.74, 6) is 2.47. The molecule has 0 aromatic heterocycles. The molecule has 0 aliphatic heterocycles. The highest BCUT2D eigenvalue weighted by Gasteiger charge is 2.16. The van der Waals surface area contributed by atoms with Crippen LogP contribution in [0.5, 0.6) is 0 Å². The van der Waals surface area contributed by atoms with E-state index in [9.17, 15) is 9.59 Å². The third-order valence-corrected chi connectivity index (χ3v) is 3.08. The monoisotopic (exact) mass is 272 g/mol. The SMILES string of the molecule is C#CCSCCNC(=O)NCC(CCC)C(=O)O. The van der Waals surface area contributed by atoms with E-state index < -0.39 is 11.9 Å². The number of urea groups is 1. The van der Waals surface area contributed by atoms with Gasteiger partial charge < -0.3 is 15.7 Å². The van der Waals surface area contributed by atoms with E-state index in [1.165, 1.54) is 0 Å². The van der Waals surface area contributed by atoms with Crippen LogP contribution in [0.2, 0.25) is 0 Å². The van der Waals surface area contributed by atoms with Crippen molar-refractivity contribution >= 4 is 23.8 Å². The summed E-state index contributed by atoms with van der Waals surface area (Å²) in [6.07, 6.45) is 6.43. The Morgan fingerprint density at radius 1 is 1.44 bits per heavy atom. The number of terminal acetylenes is 1. The van der Waals surface area contributed by atoms with Crippen LogP contribution >= 0.6 is 11.8 Å². The van der Waals surface area contributed by atoms with Crippen LogP contribution in [0.3, 0.4) is 0 Å². The average molecular weight is 272 g/mol. The lowest BCUT2D eigenvalue weighted by Gasteiger charge is -2.12. The molecular formula is C12H20N2O3S. The molecule has 0 aromatic rings. The van der Waals surface area contributed by atoms with Crippen LogP contribution in [0.25, 0.3) is 0 Å². The third-order valence-electron chi connectivity index (χ3n) is 2.21. The molecule has 0 aliphatic rings. The van der Waals surface area contributed by atoms with Gasteiger partial charge >= 0.3 is 12.0 Å². The molecule has 0 aromatic carbocycles. The Morgan fingerprint density at radius 2 is 2.17 bits per heavy atom. The van der Waals surface area contributed by atoms with Crippen LogP contribution in [0.15, 0.2) is 0 Å². The zero-order chi connectivity index (χ0) is 13.8. The summed E-state index contributed by atoms with van der Waals surface area (Å²) in [4.78, 5) is 22.2. The number of carbonyl (C=O) groups is 2. The Morgan fingerprint density at radius 3 is 2.72 bits per heavy atom. The second kappa shape index (κ2) is 10.8. The number of hydrogen-bond acceptors (Lipinski definition) is 3. The summed E-state index contributed by atoms with van der Waals surface area (Å²) in [5, 5.41) is 14.1. The Bertz CT molecular complexity index is 302. The van der Waals surface area contributed by atoms with E-state index in [0.29, 0.717) is 18.7 Å². The molecule has 0 aliphatic carbocycles. The topological polar surface area (TPSA) is 78.4 Å². The minimum atomic E-state index is -0.873. The molecule has 2 amide bonds. The minimum absolute atomic E-state index is 0.159. The standard InChI is InChI=1S/C12H20N2O3S/c1-3-5-10(11(15)16)9-14-12(17)13-6-8-18-7-4-2/h2,10H,3,5-9H2,1H3,(H,15,16)(H2,13,14,17). The van der Waals surface area contributed by atoms with Gasteiger partial charge in [-0.2, -0.15) is 0 Å². The molecular weight excluding hydrogens is 252 g/mol.